The van der Waals surface area contributed by atoms with Gasteiger partial charge in [0, 0.05) is 0 Å². The highest BCUT2D eigenvalue weighted by atomic mass is 19.4. The van der Waals surface area contributed by atoms with Crippen molar-refractivity contribution in [2.24, 2.45) is 0 Å². The standard InChI is InChI=1S/C12H13F3O/c1-3-8-16-11-6-4-10(5-7-11)9(2)12(13,14)15/h4-7H,2-3,8H2,1H3. The van der Waals surface area contributed by atoms with E-state index >= 15 is 0 Å². The highest BCUT2D eigenvalue weighted by Crippen LogP contribution is 2.32. The lowest BCUT2D eigenvalue weighted by molar-refractivity contribution is -0.0686. The number of alkyl halides is 3. The Hall–Kier alpha value is -1.45. The summed E-state index contributed by atoms with van der Waals surface area (Å²) in [5.41, 5.74) is -0.772. The van der Waals surface area contributed by atoms with Crippen LogP contribution >= 0.6 is 0 Å². The molecule has 0 amide bonds. The van der Waals surface area contributed by atoms with E-state index in [0.29, 0.717) is 12.4 Å². The van der Waals surface area contributed by atoms with Crippen molar-refractivity contribution in [3.05, 3.63) is 36.4 Å². The summed E-state index contributed by atoms with van der Waals surface area (Å²) in [6.07, 6.45) is -3.52. The second kappa shape index (κ2) is 5.05. The smallest absolute Gasteiger partial charge is 0.416 e. The number of allylic oxidation sites excluding steroid dienone is 1. The van der Waals surface area contributed by atoms with Crippen LogP contribution in [-0.2, 0) is 0 Å². The fourth-order valence-corrected chi connectivity index (χ4v) is 1.14. The van der Waals surface area contributed by atoms with Crippen molar-refractivity contribution in [3.63, 3.8) is 0 Å². The molecular weight excluding hydrogens is 217 g/mol. The van der Waals surface area contributed by atoms with Gasteiger partial charge < -0.3 is 4.74 Å². The van der Waals surface area contributed by atoms with Crippen LogP contribution in [-0.4, -0.2) is 12.8 Å². The maximum atomic E-state index is 12.3. The summed E-state index contributed by atoms with van der Waals surface area (Å²) in [7, 11) is 0. The monoisotopic (exact) mass is 230 g/mol. The second-order valence-electron chi connectivity index (χ2n) is 3.35. The van der Waals surface area contributed by atoms with Gasteiger partial charge in [-0.25, -0.2) is 0 Å². The Morgan fingerprint density at radius 3 is 2.25 bits per heavy atom. The van der Waals surface area contributed by atoms with Crippen LogP contribution in [0, 0.1) is 0 Å². The summed E-state index contributed by atoms with van der Waals surface area (Å²) in [6.45, 7) is 5.54. The van der Waals surface area contributed by atoms with Crippen molar-refractivity contribution < 1.29 is 17.9 Å². The van der Waals surface area contributed by atoms with Gasteiger partial charge in [0.2, 0.25) is 0 Å². The van der Waals surface area contributed by atoms with Crippen molar-refractivity contribution in [2.45, 2.75) is 19.5 Å². The average Bonchev–Trinajstić information content (AvgIpc) is 2.25. The molecule has 0 aromatic heterocycles. The van der Waals surface area contributed by atoms with E-state index in [1.165, 1.54) is 24.3 Å². The largest absolute Gasteiger partial charge is 0.494 e. The number of ether oxygens (including phenoxy) is 1. The molecule has 0 atom stereocenters. The van der Waals surface area contributed by atoms with Crippen molar-refractivity contribution in [1.29, 1.82) is 0 Å². The maximum Gasteiger partial charge on any atom is 0.416 e. The first-order chi connectivity index (χ1) is 7.45. The van der Waals surface area contributed by atoms with Gasteiger partial charge in [-0.05, 0) is 24.1 Å². The third-order valence-corrected chi connectivity index (χ3v) is 2.02. The molecular formula is C12H13F3O. The minimum atomic E-state index is -4.38. The third kappa shape index (κ3) is 3.29. The molecule has 0 aliphatic heterocycles. The van der Waals surface area contributed by atoms with Gasteiger partial charge >= 0.3 is 6.18 Å². The lowest BCUT2D eigenvalue weighted by atomic mass is 10.1. The Bertz CT molecular complexity index is 352. The topological polar surface area (TPSA) is 9.23 Å². The van der Waals surface area contributed by atoms with Gasteiger partial charge in [0.25, 0.3) is 0 Å². The third-order valence-electron chi connectivity index (χ3n) is 2.02. The molecule has 0 heterocycles. The van der Waals surface area contributed by atoms with Crippen LogP contribution < -0.4 is 4.74 Å². The molecule has 4 heteroatoms. The normalized spacial score (nSPS) is 11.2. The molecule has 0 bridgehead atoms. The Kier molecular flexibility index (Phi) is 3.99. The zero-order chi connectivity index (χ0) is 12.2. The Morgan fingerprint density at radius 1 is 1.25 bits per heavy atom. The van der Waals surface area contributed by atoms with Crippen LogP contribution in [0.25, 0.3) is 5.57 Å². The van der Waals surface area contributed by atoms with Crippen LogP contribution in [0.4, 0.5) is 13.2 Å². The lowest BCUT2D eigenvalue weighted by Crippen LogP contribution is -2.09. The predicted octanol–water partition coefficient (Wildman–Crippen LogP) is 4.05. The molecule has 0 saturated carbocycles. The van der Waals surface area contributed by atoms with Crippen LogP contribution in [0.15, 0.2) is 30.8 Å². The summed E-state index contributed by atoms with van der Waals surface area (Å²) >= 11 is 0. The highest BCUT2D eigenvalue weighted by molar-refractivity contribution is 5.67. The van der Waals surface area contributed by atoms with E-state index in [9.17, 15) is 13.2 Å². The second-order valence-corrected chi connectivity index (χ2v) is 3.35. The van der Waals surface area contributed by atoms with E-state index < -0.39 is 11.7 Å². The van der Waals surface area contributed by atoms with E-state index in [0.717, 1.165) is 6.42 Å². The van der Waals surface area contributed by atoms with Gasteiger partial charge in [0.1, 0.15) is 5.75 Å². The first-order valence-corrected chi connectivity index (χ1v) is 4.94. The van der Waals surface area contributed by atoms with Crippen molar-refractivity contribution in [3.8, 4) is 5.75 Å². The zero-order valence-electron chi connectivity index (χ0n) is 8.97. The summed E-state index contributed by atoms with van der Waals surface area (Å²) in [5.74, 6) is 0.570. The predicted molar refractivity (Wildman–Crippen MR) is 57.3 cm³/mol. The molecule has 0 aliphatic rings. The molecule has 0 spiro atoms. The van der Waals surface area contributed by atoms with E-state index in [1.807, 2.05) is 6.92 Å². The van der Waals surface area contributed by atoms with Crippen LogP contribution in [0.2, 0.25) is 0 Å². The van der Waals surface area contributed by atoms with E-state index in [2.05, 4.69) is 6.58 Å². The van der Waals surface area contributed by atoms with E-state index in [1.54, 1.807) is 0 Å². The zero-order valence-corrected chi connectivity index (χ0v) is 8.97. The van der Waals surface area contributed by atoms with Gasteiger partial charge in [-0.2, -0.15) is 13.2 Å². The number of halogens is 3. The maximum absolute atomic E-state index is 12.3. The number of hydrogen-bond donors (Lipinski definition) is 0. The van der Waals surface area contributed by atoms with Crippen molar-refractivity contribution in [1.82, 2.24) is 0 Å². The van der Waals surface area contributed by atoms with Gasteiger partial charge in [0.15, 0.2) is 0 Å². The molecule has 0 saturated heterocycles. The average molecular weight is 230 g/mol. The quantitative estimate of drug-likeness (QED) is 0.758. The first-order valence-electron chi connectivity index (χ1n) is 4.94. The fraction of sp³-hybridized carbons (Fsp3) is 0.333. The fourth-order valence-electron chi connectivity index (χ4n) is 1.14. The molecule has 0 unspecified atom stereocenters. The van der Waals surface area contributed by atoms with Gasteiger partial charge in [0.05, 0.1) is 12.2 Å². The highest BCUT2D eigenvalue weighted by Gasteiger charge is 2.32. The molecule has 0 radical (unpaired) electrons. The molecule has 0 fully saturated rings. The molecule has 0 N–H and O–H groups in total. The minimum Gasteiger partial charge on any atom is -0.494 e. The Labute approximate surface area is 92.5 Å². The van der Waals surface area contributed by atoms with Crippen LogP contribution in [0.1, 0.15) is 18.9 Å². The Balaban J connectivity index is 2.75. The van der Waals surface area contributed by atoms with E-state index in [-0.39, 0.29) is 5.56 Å². The van der Waals surface area contributed by atoms with Crippen LogP contribution in [0.5, 0.6) is 5.75 Å². The molecule has 1 rings (SSSR count). The van der Waals surface area contributed by atoms with E-state index in [4.69, 9.17) is 4.74 Å². The molecule has 1 aromatic carbocycles. The summed E-state index contributed by atoms with van der Waals surface area (Å²) in [5, 5.41) is 0. The minimum absolute atomic E-state index is 0.0661. The van der Waals surface area contributed by atoms with Crippen molar-refractivity contribution >= 4 is 5.57 Å². The molecule has 1 nitrogen and oxygen atoms in total. The summed E-state index contributed by atoms with van der Waals surface area (Å²) < 4.78 is 42.2. The van der Waals surface area contributed by atoms with Crippen LogP contribution in [0.3, 0.4) is 0 Å². The number of benzene rings is 1. The van der Waals surface area contributed by atoms with Gasteiger partial charge in [-0.1, -0.05) is 25.6 Å². The molecule has 16 heavy (non-hydrogen) atoms. The number of rotatable bonds is 4. The molecule has 0 aliphatic carbocycles. The first kappa shape index (κ1) is 12.6. The SMILES string of the molecule is C=C(c1ccc(OCCC)cc1)C(F)(F)F. The summed E-state index contributed by atoms with van der Waals surface area (Å²) in [4.78, 5) is 0. The van der Waals surface area contributed by atoms with Gasteiger partial charge in [-0.3, -0.25) is 0 Å². The Morgan fingerprint density at radius 2 is 1.81 bits per heavy atom. The number of hydrogen-bond acceptors (Lipinski definition) is 1. The molecule has 1 aromatic rings. The lowest BCUT2D eigenvalue weighted by Gasteiger charge is -2.11. The summed E-state index contributed by atoms with van der Waals surface area (Å²) in [6, 6.07) is 5.76. The molecule has 88 valence electrons. The van der Waals surface area contributed by atoms with Gasteiger partial charge in [-0.15, -0.1) is 0 Å². The van der Waals surface area contributed by atoms with Crippen molar-refractivity contribution in [2.75, 3.05) is 6.61 Å².